The van der Waals surface area contributed by atoms with Gasteiger partial charge in [-0.3, -0.25) is 10.1 Å². The molecule has 1 atom stereocenters. The van der Waals surface area contributed by atoms with Crippen LogP contribution in [0.15, 0.2) is 34.3 Å². The Balaban J connectivity index is 1.55. The fraction of sp³-hybridized carbons (Fsp3) is 0.438. The molecular weight excluding hydrogens is 300 g/mol. The van der Waals surface area contributed by atoms with Gasteiger partial charge in [0.1, 0.15) is 5.76 Å². The number of carbonyl (C=O) groups excluding carboxylic acids is 1. The number of carbonyl (C=O) groups is 1. The Hall–Kier alpha value is -1.63. The number of hydrogen-bond donors (Lipinski definition) is 1. The Morgan fingerprint density at radius 1 is 1.55 bits per heavy atom. The molecule has 3 rings (SSSR count). The van der Waals surface area contributed by atoms with Crippen LogP contribution in [-0.2, 0) is 22.5 Å². The van der Waals surface area contributed by atoms with Gasteiger partial charge in [-0.2, -0.15) is 0 Å². The third-order valence-corrected chi connectivity index (χ3v) is 4.90. The van der Waals surface area contributed by atoms with Crippen LogP contribution < -0.4 is 5.32 Å². The van der Waals surface area contributed by atoms with Crippen molar-refractivity contribution in [3.05, 3.63) is 46.0 Å². The van der Waals surface area contributed by atoms with Gasteiger partial charge in [0, 0.05) is 25.1 Å². The summed E-state index contributed by atoms with van der Waals surface area (Å²) < 4.78 is 10.6. The van der Waals surface area contributed by atoms with Gasteiger partial charge in [-0.1, -0.05) is 0 Å². The average molecular weight is 320 g/mol. The van der Waals surface area contributed by atoms with Crippen molar-refractivity contribution >= 4 is 17.2 Å². The van der Waals surface area contributed by atoms with E-state index in [1.807, 2.05) is 17.0 Å². The van der Waals surface area contributed by atoms with E-state index in [-0.39, 0.29) is 18.5 Å². The van der Waals surface area contributed by atoms with Crippen LogP contribution in [0.3, 0.4) is 0 Å². The summed E-state index contributed by atoms with van der Waals surface area (Å²) in [6, 6.07) is 5.73. The Bertz CT molecular complexity index is 609. The maximum absolute atomic E-state index is 12.4. The Kier molecular flexibility index (Phi) is 4.92. The second kappa shape index (κ2) is 7.09. The largest absolute Gasteiger partial charge is 0.468 e. The van der Waals surface area contributed by atoms with E-state index in [4.69, 9.17) is 9.15 Å². The molecule has 0 radical (unpaired) electrons. The number of fused-ring (bicyclic) bond motifs is 1. The van der Waals surface area contributed by atoms with Crippen molar-refractivity contribution in [1.82, 2.24) is 10.2 Å². The molecule has 0 aliphatic carbocycles. The monoisotopic (exact) mass is 320 g/mol. The second-order valence-corrected chi connectivity index (χ2v) is 6.34. The molecular formula is C16H20N2O3S. The highest BCUT2D eigenvalue weighted by Gasteiger charge is 2.22. The van der Waals surface area contributed by atoms with Crippen LogP contribution >= 0.6 is 11.3 Å². The molecule has 0 saturated carbocycles. The number of nitrogens with one attached hydrogen (secondary N) is 1. The van der Waals surface area contributed by atoms with Crippen LogP contribution in [0.25, 0.3) is 0 Å². The zero-order valence-corrected chi connectivity index (χ0v) is 13.4. The summed E-state index contributed by atoms with van der Waals surface area (Å²) in [5.41, 5.74) is 1.28. The quantitative estimate of drug-likeness (QED) is 0.886. The lowest BCUT2D eigenvalue weighted by molar-refractivity contribution is -0.131. The van der Waals surface area contributed by atoms with Crippen LogP contribution in [0.2, 0.25) is 0 Å². The number of ether oxygens (including phenoxy) is 1. The summed E-state index contributed by atoms with van der Waals surface area (Å²) in [7, 11) is 1.64. The fourth-order valence-corrected chi connectivity index (χ4v) is 3.57. The van der Waals surface area contributed by atoms with Crippen LogP contribution in [0.4, 0.5) is 0 Å². The van der Waals surface area contributed by atoms with Gasteiger partial charge in [-0.25, -0.2) is 0 Å². The maximum Gasteiger partial charge on any atom is 0.236 e. The van der Waals surface area contributed by atoms with E-state index in [1.165, 1.54) is 10.4 Å². The molecule has 1 aliphatic rings. The van der Waals surface area contributed by atoms with Gasteiger partial charge in [0.05, 0.1) is 25.5 Å². The zero-order valence-electron chi connectivity index (χ0n) is 12.6. The molecule has 2 aromatic heterocycles. The summed E-state index contributed by atoms with van der Waals surface area (Å²) in [4.78, 5) is 15.7. The number of furan rings is 1. The first-order valence-electron chi connectivity index (χ1n) is 7.36. The molecule has 1 aliphatic heterocycles. The zero-order chi connectivity index (χ0) is 15.4. The summed E-state index contributed by atoms with van der Waals surface area (Å²) in [5.74, 6) is 0.901. The van der Waals surface area contributed by atoms with Gasteiger partial charge in [0.2, 0.25) is 5.91 Å². The minimum atomic E-state index is -0.106. The number of amides is 1. The fourth-order valence-electron chi connectivity index (χ4n) is 2.68. The first-order valence-corrected chi connectivity index (χ1v) is 8.24. The Labute approximate surface area is 133 Å². The topological polar surface area (TPSA) is 54.7 Å². The van der Waals surface area contributed by atoms with Crippen LogP contribution in [0, 0.1) is 0 Å². The molecule has 0 bridgehead atoms. The summed E-state index contributed by atoms with van der Waals surface area (Å²) >= 11 is 1.78. The van der Waals surface area contributed by atoms with Crippen molar-refractivity contribution in [2.75, 3.05) is 26.8 Å². The smallest absolute Gasteiger partial charge is 0.236 e. The lowest BCUT2D eigenvalue weighted by Crippen LogP contribution is -2.42. The Morgan fingerprint density at radius 3 is 3.23 bits per heavy atom. The van der Waals surface area contributed by atoms with Crippen molar-refractivity contribution < 1.29 is 13.9 Å². The van der Waals surface area contributed by atoms with Gasteiger partial charge in [-0.05, 0) is 35.6 Å². The molecule has 6 heteroatoms. The van der Waals surface area contributed by atoms with Crippen molar-refractivity contribution in [2.45, 2.75) is 19.0 Å². The number of methoxy groups -OCH3 is 1. The molecule has 5 nitrogen and oxygen atoms in total. The van der Waals surface area contributed by atoms with Crippen molar-refractivity contribution in [2.24, 2.45) is 0 Å². The average Bonchev–Trinajstić information content (AvgIpc) is 3.21. The Morgan fingerprint density at radius 2 is 2.45 bits per heavy atom. The third kappa shape index (κ3) is 3.40. The molecule has 0 spiro atoms. The maximum atomic E-state index is 12.4. The highest BCUT2D eigenvalue weighted by molar-refractivity contribution is 7.10. The highest BCUT2D eigenvalue weighted by Crippen LogP contribution is 2.24. The SMILES string of the molecule is COC[C@H](NCC(=O)N1CCc2sccc2C1)c1ccco1. The number of thiophene rings is 1. The minimum Gasteiger partial charge on any atom is -0.468 e. The predicted molar refractivity (Wildman–Crippen MR) is 84.8 cm³/mol. The van der Waals surface area contributed by atoms with Gasteiger partial charge in [0.25, 0.3) is 0 Å². The van der Waals surface area contributed by atoms with E-state index < -0.39 is 0 Å². The number of nitrogens with zero attached hydrogens (tertiary/aromatic N) is 1. The first-order chi connectivity index (χ1) is 10.8. The molecule has 0 saturated heterocycles. The van der Waals surface area contributed by atoms with Gasteiger partial charge in [-0.15, -0.1) is 11.3 Å². The van der Waals surface area contributed by atoms with Crippen molar-refractivity contribution in [1.29, 1.82) is 0 Å². The number of hydrogen-bond acceptors (Lipinski definition) is 5. The third-order valence-electron chi connectivity index (χ3n) is 3.88. The van der Waals surface area contributed by atoms with E-state index >= 15 is 0 Å². The van der Waals surface area contributed by atoms with Crippen molar-refractivity contribution in [3.63, 3.8) is 0 Å². The summed E-state index contributed by atoms with van der Waals surface area (Å²) in [5, 5.41) is 5.33. The molecule has 1 N–H and O–H groups in total. The second-order valence-electron chi connectivity index (χ2n) is 5.34. The number of rotatable bonds is 6. The molecule has 1 amide bonds. The van der Waals surface area contributed by atoms with Crippen LogP contribution in [0.1, 0.15) is 22.2 Å². The standard InChI is InChI=1S/C16H20N2O3S/c1-20-11-13(14-3-2-7-21-14)17-9-16(19)18-6-4-15-12(10-18)5-8-22-15/h2-3,5,7-8,13,17H,4,6,9-11H2,1H3/t13-/m0/s1. The van der Waals surface area contributed by atoms with Crippen LogP contribution in [0.5, 0.6) is 0 Å². The van der Waals surface area contributed by atoms with E-state index in [9.17, 15) is 4.79 Å². The van der Waals surface area contributed by atoms with Gasteiger partial charge < -0.3 is 14.1 Å². The molecule has 2 aromatic rings. The molecule has 22 heavy (non-hydrogen) atoms. The molecule has 0 fully saturated rings. The minimum absolute atomic E-state index is 0.106. The normalized spacial score (nSPS) is 15.6. The van der Waals surface area contributed by atoms with E-state index in [0.29, 0.717) is 6.61 Å². The van der Waals surface area contributed by atoms with Gasteiger partial charge >= 0.3 is 0 Å². The highest BCUT2D eigenvalue weighted by atomic mass is 32.1. The lowest BCUT2D eigenvalue weighted by Gasteiger charge is -2.28. The summed E-state index contributed by atoms with van der Waals surface area (Å²) in [6.07, 6.45) is 2.59. The predicted octanol–water partition coefficient (Wildman–Crippen LogP) is 2.20. The molecule has 0 unspecified atom stereocenters. The molecule has 0 aromatic carbocycles. The molecule has 3 heterocycles. The van der Waals surface area contributed by atoms with E-state index in [1.54, 1.807) is 24.7 Å². The van der Waals surface area contributed by atoms with Gasteiger partial charge in [0.15, 0.2) is 0 Å². The molecule has 118 valence electrons. The summed E-state index contributed by atoms with van der Waals surface area (Å²) in [6.45, 7) is 2.27. The van der Waals surface area contributed by atoms with E-state index in [0.717, 1.165) is 25.3 Å². The lowest BCUT2D eigenvalue weighted by atomic mass is 10.1. The van der Waals surface area contributed by atoms with Crippen molar-refractivity contribution in [3.8, 4) is 0 Å². The van der Waals surface area contributed by atoms with E-state index in [2.05, 4.69) is 16.8 Å². The van der Waals surface area contributed by atoms with Crippen LogP contribution in [-0.4, -0.2) is 37.6 Å². The first kappa shape index (κ1) is 15.3.